The van der Waals surface area contributed by atoms with Crippen molar-refractivity contribution in [1.29, 1.82) is 0 Å². The van der Waals surface area contributed by atoms with Crippen LogP contribution < -0.4 is 4.74 Å². The summed E-state index contributed by atoms with van der Waals surface area (Å²) in [5.74, 6) is 0.702. The highest BCUT2D eigenvalue weighted by atomic mass is 32.2. The van der Waals surface area contributed by atoms with Crippen LogP contribution >= 0.6 is 11.8 Å². The van der Waals surface area contributed by atoms with Crippen LogP contribution in [0.15, 0.2) is 53.7 Å². The van der Waals surface area contributed by atoms with Gasteiger partial charge >= 0.3 is 0 Å². The number of para-hydroxylation sites is 1. The third-order valence-electron chi connectivity index (χ3n) is 3.86. The predicted molar refractivity (Wildman–Crippen MR) is 103 cm³/mol. The van der Waals surface area contributed by atoms with Crippen molar-refractivity contribution in [2.75, 3.05) is 0 Å². The van der Waals surface area contributed by atoms with Crippen LogP contribution in [0, 0.1) is 18.6 Å². The lowest BCUT2D eigenvalue weighted by Crippen LogP contribution is -1.98. The molecule has 0 saturated heterocycles. The van der Waals surface area contributed by atoms with Crippen LogP contribution in [0.2, 0.25) is 0 Å². The number of halogens is 2. The Morgan fingerprint density at radius 2 is 1.70 bits per heavy atom. The lowest BCUT2D eigenvalue weighted by atomic mass is 10.0. The molecule has 0 bridgehead atoms. The number of hydrogen-bond donors (Lipinski definition) is 0. The Labute approximate surface area is 161 Å². The number of hydrogen-bond acceptors (Lipinski definition) is 4. The van der Waals surface area contributed by atoms with E-state index in [2.05, 4.69) is 23.8 Å². The standard InChI is InChI=1S/C21H20F2N2OS/c1-13(2)18-6-4-5-7-19(18)26-20-8-14(3)24-21(25-20)27-12-15-9-16(22)11-17(23)10-15/h4-11,13H,12H2,1-3H3. The molecule has 6 heteroatoms. The summed E-state index contributed by atoms with van der Waals surface area (Å²) in [6.45, 7) is 6.06. The van der Waals surface area contributed by atoms with E-state index in [-0.39, 0.29) is 0 Å². The van der Waals surface area contributed by atoms with Crippen molar-refractivity contribution in [1.82, 2.24) is 9.97 Å². The molecule has 0 amide bonds. The number of benzene rings is 2. The van der Waals surface area contributed by atoms with Gasteiger partial charge < -0.3 is 4.74 Å². The summed E-state index contributed by atoms with van der Waals surface area (Å²) in [5, 5.41) is 0.497. The maximum absolute atomic E-state index is 13.3. The van der Waals surface area contributed by atoms with Gasteiger partial charge in [-0.15, -0.1) is 0 Å². The maximum Gasteiger partial charge on any atom is 0.223 e. The molecular weight excluding hydrogens is 366 g/mol. The monoisotopic (exact) mass is 386 g/mol. The summed E-state index contributed by atoms with van der Waals surface area (Å²) in [7, 11) is 0. The third kappa shape index (κ3) is 5.26. The molecule has 140 valence electrons. The quantitative estimate of drug-likeness (QED) is 0.369. The first-order valence-corrected chi connectivity index (χ1v) is 9.59. The van der Waals surface area contributed by atoms with Gasteiger partial charge in [0.2, 0.25) is 5.88 Å². The normalized spacial score (nSPS) is 11.0. The molecule has 0 aliphatic carbocycles. The Balaban J connectivity index is 1.78. The summed E-state index contributed by atoms with van der Waals surface area (Å²) >= 11 is 1.30. The molecule has 0 unspecified atom stereocenters. The molecule has 1 heterocycles. The Morgan fingerprint density at radius 1 is 1.00 bits per heavy atom. The van der Waals surface area contributed by atoms with E-state index in [9.17, 15) is 8.78 Å². The molecule has 2 aromatic carbocycles. The van der Waals surface area contributed by atoms with Crippen molar-refractivity contribution in [3.63, 3.8) is 0 Å². The smallest absolute Gasteiger partial charge is 0.223 e. The van der Waals surface area contributed by atoms with Gasteiger partial charge in [0, 0.05) is 23.6 Å². The summed E-state index contributed by atoms with van der Waals surface area (Å²) in [6.07, 6.45) is 0. The van der Waals surface area contributed by atoms with Gasteiger partial charge in [-0.3, -0.25) is 0 Å². The van der Waals surface area contributed by atoms with Gasteiger partial charge in [-0.05, 0) is 42.2 Å². The van der Waals surface area contributed by atoms with Crippen molar-refractivity contribution in [3.8, 4) is 11.6 Å². The minimum Gasteiger partial charge on any atom is -0.439 e. The molecule has 0 radical (unpaired) electrons. The summed E-state index contributed by atoms with van der Waals surface area (Å²) < 4.78 is 32.7. The van der Waals surface area contributed by atoms with Crippen molar-refractivity contribution < 1.29 is 13.5 Å². The molecule has 0 N–H and O–H groups in total. The summed E-state index contributed by atoms with van der Waals surface area (Å²) in [5.41, 5.74) is 2.39. The lowest BCUT2D eigenvalue weighted by Gasteiger charge is -2.13. The largest absolute Gasteiger partial charge is 0.439 e. The molecule has 0 spiro atoms. The van der Waals surface area contributed by atoms with Gasteiger partial charge in [0.15, 0.2) is 5.16 Å². The zero-order valence-electron chi connectivity index (χ0n) is 15.4. The number of aromatic nitrogens is 2. The molecule has 0 saturated carbocycles. The van der Waals surface area contributed by atoms with Crippen LogP contribution in [0.3, 0.4) is 0 Å². The lowest BCUT2D eigenvalue weighted by molar-refractivity contribution is 0.446. The minimum absolute atomic E-state index is 0.320. The second-order valence-electron chi connectivity index (χ2n) is 6.49. The van der Waals surface area contributed by atoms with E-state index in [0.29, 0.717) is 28.3 Å². The fourth-order valence-corrected chi connectivity index (χ4v) is 3.46. The molecule has 3 rings (SSSR count). The first-order valence-electron chi connectivity index (χ1n) is 8.61. The van der Waals surface area contributed by atoms with E-state index in [0.717, 1.165) is 23.1 Å². The number of aryl methyl sites for hydroxylation is 1. The molecule has 0 atom stereocenters. The fourth-order valence-electron chi connectivity index (χ4n) is 2.64. The molecule has 0 aliphatic heterocycles. The predicted octanol–water partition coefficient (Wildman–Crippen LogP) is 6.27. The van der Waals surface area contributed by atoms with E-state index in [4.69, 9.17) is 4.74 Å². The van der Waals surface area contributed by atoms with Crippen LogP contribution in [0.5, 0.6) is 11.6 Å². The van der Waals surface area contributed by atoms with E-state index in [1.54, 1.807) is 6.07 Å². The average molecular weight is 386 g/mol. The van der Waals surface area contributed by atoms with E-state index >= 15 is 0 Å². The fraction of sp³-hybridized carbons (Fsp3) is 0.238. The number of thioether (sulfide) groups is 1. The second kappa shape index (κ2) is 8.48. The summed E-state index contributed by atoms with van der Waals surface area (Å²) in [4.78, 5) is 8.81. The topological polar surface area (TPSA) is 35.0 Å². The first kappa shape index (κ1) is 19.3. The maximum atomic E-state index is 13.3. The highest BCUT2D eigenvalue weighted by molar-refractivity contribution is 7.98. The SMILES string of the molecule is Cc1cc(Oc2ccccc2C(C)C)nc(SCc2cc(F)cc(F)c2)n1. The zero-order valence-corrected chi connectivity index (χ0v) is 16.2. The van der Waals surface area contributed by atoms with Crippen molar-refractivity contribution in [3.05, 3.63) is 77.0 Å². The van der Waals surface area contributed by atoms with Gasteiger partial charge in [-0.1, -0.05) is 43.8 Å². The van der Waals surface area contributed by atoms with Gasteiger partial charge in [-0.2, -0.15) is 4.98 Å². The van der Waals surface area contributed by atoms with Crippen molar-refractivity contribution in [2.24, 2.45) is 0 Å². The van der Waals surface area contributed by atoms with E-state index in [1.165, 1.54) is 23.9 Å². The van der Waals surface area contributed by atoms with Crippen molar-refractivity contribution in [2.45, 2.75) is 37.6 Å². The van der Waals surface area contributed by atoms with E-state index in [1.807, 2.05) is 31.2 Å². The van der Waals surface area contributed by atoms with Gasteiger partial charge in [0.25, 0.3) is 0 Å². The zero-order chi connectivity index (χ0) is 19.4. The molecule has 27 heavy (non-hydrogen) atoms. The third-order valence-corrected chi connectivity index (χ3v) is 4.77. The van der Waals surface area contributed by atoms with Crippen LogP contribution in [-0.2, 0) is 5.75 Å². The average Bonchev–Trinajstić information content (AvgIpc) is 2.59. The Morgan fingerprint density at radius 3 is 2.41 bits per heavy atom. The number of ether oxygens (including phenoxy) is 1. The van der Waals surface area contributed by atoms with Gasteiger partial charge in [0.05, 0.1) is 0 Å². The summed E-state index contributed by atoms with van der Waals surface area (Å²) in [6, 6.07) is 13.1. The van der Waals surface area contributed by atoms with Gasteiger partial charge in [-0.25, -0.2) is 13.8 Å². The van der Waals surface area contributed by atoms with Crippen LogP contribution in [0.25, 0.3) is 0 Å². The minimum atomic E-state index is -0.593. The number of rotatable bonds is 6. The highest BCUT2D eigenvalue weighted by Crippen LogP contribution is 2.31. The molecular formula is C21H20F2N2OS. The highest BCUT2D eigenvalue weighted by Gasteiger charge is 2.11. The Hall–Kier alpha value is -2.47. The molecule has 0 fully saturated rings. The molecule has 3 nitrogen and oxygen atoms in total. The molecule has 0 aliphatic rings. The second-order valence-corrected chi connectivity index (χ2v) is 7.43. The number of nitrogens with zero attached hydrogens (tertiary/aromatic N) is 2. The molecule has 3 aromatic rings. The molecule has 1 aromatic heterocycles. The van der Waals surface area contributed by atoms with Crippen LogP contribution in [0.1, 0.15) is 36.6 Å². The Kier molecular flexibility index (Phi) is 6.06. The van der Waals surface area contributed by atoms with Gasteiger partial charge in [0.1, 0.15) is 17.4 Å². The van der Waals surface area contributed by atoms with Crippen LogP contribution in [-0.4, -0.2) is 9.97 Å². The van der Waals surface area contributed by atoms with E-state index < -0.39 is 11.6 Å². The van der Waals surface area contributed by atoms with Crippen molar-refractivity contribution >= 4 is 11.8 Å². The van der Waals surface area contributed by atoms with Crippen LogP contribution in [0.4, 0.5) is 8.78 Å². The Bertz CT molecular complexity index is 927. The first-order chi connectivity index (χ1) is 12.9.